The number of hydrogen-bond donors (Lipinski definition) is 1. The molecule has 1 amide bonds. The van der Waals surface area contributed by atoms with Crippen molar-refractivity contribution in [2.75, 3.05) is 11.5 Å². The van der Waals surface area contributed by atoms with E-state index in [4.69, 9.17) is 4.74 Å². The summed E-state index contributed by atoms with van der Waals surface area (Å²) in [5, 5.41) is 11.3. The maximum Gasteiger partial charge on any atom is 0.301 e. The minimum absolute atomic E-state index is 0.112. The number of thiazole rings is 1. The number of carbonyl (C=O) groups is 2. The molecule has 5 rings (SSSR count). The predicted molar refractivity (Wildman–Crippen MR) is 126 cm³/mol. The number of aliphatic hydroxyl groups excluding tert-OH is 1. The predicted octanol–water partition coefficient (Wildman–Crippen LogP) is 4.86. The van der Waals surface area contributed by atoms with E-state index in [1.54, 1.807) is 30.5 Å². The number of fused-ring (bicyclic) bond motifs is 1. The highest BCUT2D eigenvalue weighted by molar-refractivity contribution is 7.22. The number of anilines is 1. The van der Waals surface area contributed by atoms with Gasteiger partial charge in [-0.2, -0.15) is 0 Å². The van der Waals surface area contributed by atoms with Gasteiger partial charge in [0.15, 0.2) is 5.13 Å². The summed E-state index contributed by atoms with van der Waals surface area (Å²) in [6.45, 7) is 2.40. The van der Waals surface area contributed by atoms with E-state index in [2.05, 4.69) is 9.97 Å². The molecule has 1 fully saturated rings. The Balaban J connectivity index is 1.68. The summed E-state index contributed by atoms with van der Waals surface area (Å²) >= 11 is 1.24. The molecule has 170 valence electrons. The van der Waals surface area contributed by atoms with Crippen LogP contribution in [0.2, 0.25) is 0 Å². The molecule has 2 aromatic carbocycles. The Bertz CT molecular complexity index is 1430. The van der Waals surface area contributed by atoms with Crippen molar-refractivity contribution in [3.05, 3.63) is 89.5 Å². The van der Waals surface area contributed by atoms with Crippen molar-refractivity contribution in [3.8, 4) is 5.75 Å². The van der Waals surface area contributed by atoms with Gasteiger partial charge in [0.05, 0.1) is 28.4 Å². The molecule has 0 aliphatic carbocycles. The van der Waals surface area contributed by atoms with Gasteiger partial charge in [0, 0.05) is 18.0 Å². The van der Waals surface area contributed by atoms with Gasteiger partial charge in [-0.1, -0.05) is 17.4 Å². The fourth-order valence-electron chi connectivity index (χ4n) is 3.90. The number of halogens is 1. The fraction of sp³-hybridized carbons (Fsp3) is 0.120. The number of benzene rings is 2. The smallest absolute Gasteiger partial charge is 0.301 e. The summed E-state index contributed by atoms with van der Waals surface area (Å²) in [6, 6.07) is 12.9. The Kier molecular flexibility index (Phi) is 5.54. The zero-order chi connectivity index (χ0) is 23.8. The molecule has 1 N–H and O–H groups in total. The quantitative estimate of drug-likeness (QED) is 0.252. The molecule has 1 unspecified atom stereocenters. The first-order valence-electron chi connectivity index (χ1n) is 10.5. The van der Waals surface area contributed by atoms with Crippen molar-refractivity contribution in [2.45, 2.75) is 13.0 Å². The molecule has 2 aromatic heterocycles. The number of ketones is 1. The van der Waals surface area contributed by atoms with Crippen LogP contribution in [0.4, 0.5) is 9.52 Å². The number of aliphatic hydroxyl groups is 1. The summed E-state index contributed by atoms with van der Waals surface area (Å²) in [5.41, 5.74) is 1.28. The van der Waals surface area contributed by atoms with E-state index in [-0.39, 0.29) is 11.1 Å². The normalized spacial score (nSPS) is 17.5. The first-order chi connectivity index (χ1) is 16.5. The second-order valence-corrected chi connectivity index (χ2v) is 8.53. The Morgan fingerprint density at radius 1 is 1.18 bits per heavy atom. The summed E-state index contributed by atoms with van der Waals surface area (Å²) in [6.07, 6.45) is 3.10. The molecule has 1 atom stereocenters. The lowest BCUT2D eigenvalue weighted by Gasteiger charge is -2.22. The molecule has 34 heavy (non-hydrogen) atoms. The van der Waals surface area contributed by atoms with Gasteiger partial charge < -0.3 is 9.84 Å². The van der Waals surface area contributed by atoms with Gasteiger partial charge in [-0.15, -0.1) is 0 Å². The van der Waals surface area contributed by atoms with Crippen molar-refractivity contribution in [1.29, 1.82) is 0 Å². The number of carbonyl (C=O) groups excluding carboxylic acids is 2. The van der Waals surface area contributed by atoms with Crippen LogP contribution in [0.3, 0.4) is 0 Å². The number of Topliss-reactive ketones (excluding diaryl/α,β-unsaturated/α-hetero) is 1. The van der Waals surface area contributed by atoms with E-state index in [9.17, 15) is 19.1 Å². The lowest BCUT2D eigenvalue weighted by atomic mass is 9.96. The second kappa shape index (κ2) is 8.68. The number of ether oxygens (including phenoxy) is 1. The van der Waals surface area contributed by atoms with Crippen LogP contribution in [0.1, 0.15) is 24.1 Å². The number of aromatic nitrogens is 2. The molecular formula is C25H18FN3O4S. The van der Waals surface area contributed by atoms with Crippen molar-refractivity contribution in [2.24, 2.45) is 0 Å². The second-order valence-electron chi connectivity index (χ2n) is 7.52. The zero-order valence-electron chi connectivity index (χ0n) is 17.9. The van der Waals surface area contributed by atoms with Crippen LogP contribution < -0.4 is 9.64 Å². The zero-order valence-corrected chi connectivity index (χ0v) is 18.8. The summed E-state index contributed by atoms with van der Waals surface area (Å²) in [4.78, 5) is 36.4. The number of nitrogens with zero attached hydrogens (tertiary/aromatic N) is 3. The molecule has 9 heteroatoms. The first kappa shape index (κ1) is 21.7. The van der Waals surface area contributed by atoms with E-state index >= 15 is 0 Å². The highest BCUT2D eigenvalue weighted by Gasteiger charge is 2.48. The highest BCUT2D eigenvalue weighted by atomic mass is 32.1. The van der Waals surface area contributed by atoms with Crippen molar-refractivity contribution >= 4 is 44.1 Å². The molecule has 4 aromatic rings. The van der Waals surface area contributed by atoms with Crippen LogP contribution in [0.25, 0.3) is 16.0 Å². The topological polar surface area (TPSA) is 92.6 Å². The first-order valence-corrected chi connectivity index (χ1v) is 11.3. The Labute approximate surface area is 197 Å². The largest absolute Gasteiger partial charge is 0.507 e. The van der Waals surface area contributed by atoms with Gasteiger partial charge >= 0.3 is 5.91 Å². The maximum atomic E-state index is 13.4. The highest BCUT2D eigenvalue weighted by Crippen LogP contribution is 2.44. The molecule has 0 spiro atoms. The van der Waals surface area contributed by atoms with Gasteiger partial charge in [-0.05, 0) is 61.0 Å². The van der Waals surface area contributed by atoms with Gasteiger partial charge in [0.1, 0.15) is 17.3 Å². The minimum atomic E-state index is -0.953. The summed E-state index contributed by atoms with van der Waals surface area (Å²) in [5.74, 6) is -1.88. The van der Waals surface area contributed by atoms with Crippen LogP contribution in [-0.4, -0.2) is 33.4 Å². The Hall–Kier alpha value is -4.11. The van der Waals surface area contributed by atoms with Gasteiger partial charge in [0.2, 0.25) is 0 Å². The third-order valence-corrected chi connectivity index (χ3v) is 6.45. The lowest BCUT2D eigenvalue weighted by Crippen LogP contribution is -2.29. The lowest BCUT2D eigenvalue weighted by molar-refractivity contribution is -0.132. The van der Waals surface area contributed by atoms with Gasteiger partial charge in [-0.3, -0.25) is 19.5 Å². The van der Waals surface area contributed by atoms with Crippen molar-refractivity contribution < 1.29 is 23.8 Å². The molecular weight excluding hydrogens is 457 g/mol. The third-order valence-electron chi connectivity index (χ3n) is 5.43. The van der Waals surface area contributed by atoms with Crippen LogP contribution in [0.5, 0.6) is 5.75 Å². The molecule has 0 radical (unpaired) electrons. The number of hydrogen-bond acceptors (Lipinski definition) is 7. The van der Waals surface area contributed by atoms with E-state index in [1.807, 2.05) is 13.0 Å². The summed E-state index contributed by atoms with van der Waals surface area (Å²) in [7, 11) is 0. The van der Waals surface area contributed by atoms with E-state index in [0.717, 1.165) is 4.70 Å². The molecule has 1 aliphatic heterocycles. The van der Waals surface area contributed by atoms with Crippen LogP contribution in [0.15, 0.2) is 72.6 Å². The van der Waals surface area contributed by atoms with E-state index in [0.29, 0.717) is 28.6 Å². The average molecular weight is 476 g/mol. The van der Waals surface area contributed by atoms with Crippen LogP contribution >= 0.6 is 11.3 Å². The monoisotopic (exact) mass is 475 g/mol. The van der Waals surface area contributed by atoms with Gasteiger partial charge in [0.25, 0.3) is 5.78 Å². The minimum Gasteiger partial charge on any atom is -0.507 e. The SMILES string of the molecule is CCOc1ccc2nc(N3C(=O)C(=O)C(=C(O)c4ccc(F)cc4)C3c3cccnc3)sc2c1. The summed E-state index contributed by atoms with van der Waals surface area (Å²) < 4.78 is 19.8. The van der Waals surface area contributed by atoms with Crippen molar-refractivity contribution in [3.63, 3.8) is 0 Å². The third kappa shape index (κ3) is 3.69. The number of rotatable bonds is 5. The molecule has 3 heterocycles. The number of amides is 1. The van der Waals surface area contributed by atoms with E-state index in [1.165, 1.54) is 46.7 Å². The Morgan fingerprint density at radius 3 is 2.68 bits per heavy atom. The standard InChI is InChI=1S/C25H18FN3O4S/c1-2-33-17-9-10-18-19(12-17)34-25(28-18)29-21(15-4-3-11-27-13-15)20(23(31)24(29)32)22(30)14-5-7-16(26)8-6-14/h3-13,21,30H,2H2,1H3. The fourth-order valence-corrected chi connectivity index (χ4v) is 4.92. The average Bonchev–Trinajstić information content (AvgIpc) is 3.38. The van der Waals surface area contributed by atoms with Crippen LogP contribution in [0, 0.1) is 5.82 Å². The molecule has 0 bridgehead atoms. The van der Waals surface area contributed by atoms with Crippen LogP contribution in [-0.2, 0) is 9.59 Å². The molecule has 0 saturated carbocycles. The van der Waals surface area contributed by atoms with E-state index < -0.39 is 29.3 Å². The molecule has 7 nitrogen and oxygen atoms in total. The van der Waals surface area contributed by atoms with Crippen molar-refractivity contribution in [1.82, 2.24) is 9.97 Å². The van der Waals surface area contributed by atoms with Gasteiger partial charge in [-0.25, -0.2) is 9.37 Å². The Morgan fingerprint density at radius 2 is 1.97 bits per heavy atom. The number of pyridine rings is 1. The molecule has 1 saturated heterocycles. The maximum absolute atomic E-state index is 13.4. The molecule has 1 aliphatic rings.